The second kappa shape index (κ2) is 9.62. The molecule has 0 spiro atoms. The lowest BCUT2D eigenvalue weighted by molar-refractivity contribution is -0.171. The molecule has 3 atom stereocenters. The Morgan fingerprint density at radius 3 is 2.73 bits per heavy atom. The van der Waals surface area contributed by atoms with Crippen LogP contribution in [0.5, 0.6) is 0 Å². The number of esters is 1. The van der Waals surface area contributed by atoms with E-state index in [9.17, 15) is 9.59 Å². The molecule has 0 aromatic heterocycles. The van der Waals surface area contributed by atoms with Gasteiger partial charge in [0, 0.05) is 17.4 Å². The second-order valence-corrected chi connectivity index (χ2v) is 10.0. The topological polar surface area (TPSA) is 74.2 Å². The molecular formula is C23H31NO5S. The first-order valence-electron chi connectivity index (χ1n) is 10.5. The number of rotatable bonds is 7. The molecule has 1 aromatic rings. The molecule has 30 heavy (non-hydrogen) atoms. The van der Waals surface area contributed by atoms with Crippen molar-refractivity contribution in [1.82, 2.24) is 0 Å². The Morgan fingerprint density at radius 1 is 1.30 bits per heavy atom. The standard InChI is InChI=1S/C23H31NO5S/c1-16-23(24-15-30-16,14-28-21-10-5-6-11-27-21)18-9-7-8-17(12-18)19(25)13-20(26)29-22(2,3)4/h7-9,12,15-16,21H,5-6,10-11,13-14H2,1-4H3. The number of thioether (sulfide) groups is 1. The molecule has 0 N–H and O–H groups in total. The lowest BCUT2D eigenvalue weighted by Gasteiger charge is -2.33. The van der Waals surface area contributed by atoms with Gasteiger partial charge in [-0.3, -0.25) is 14.6 Å². The van der Waals surface area contributed by atoms with Crippen LogP contribution in [0.3, 0.4) is 0 Å². The van der Waals surface area contributed by atoms with E-state index in [1.165, 1.54) is 0 Å². The molecule has 0 amide bonds. The van der Waals surface area contributed by atoms with Crippen LogP contribution < -0.4 is 0 Å². The van der Waals surface area contributed by atoms with Gasteiger partial charge in [0.2, 0.25) is 0 Å². The third-order valence-corrected chi connectivity index (χ3v) is 6.28. The summed E-state index contributed by atoms with van der Waals surface area (Å²) < 4.78 is 17.1. The highest BCUT2D eigenvalue weighted by Crippen LogP contribution is 2.41. The van der Waals surface area contributed by atoms with E-state index in [1.807, 2.05) is 23.7 Å². The Hall–Kier alpha value is -1.70. The van der Waals surface area contributed by atoms with E-state index >= 15 is 0 Å². The number of Topliss-reactive ketones (excluding diaryl/α,β-unsaturated/α-hetero) is 1. The van der Waals surface area contributed by atoms with Crippen molar-refractivity contribution in [2.24, 2.45) is 4.99 Å². The average molecular weight is 434 g/mol. The van der Waals surface area contributed by atoms with Crippen LogP contribution in [-0.2, 0) is 24.5 Å². The molecule has 7 heteroatoms. The highest BCUT2D eigenvalue weighted by molar-refractivity contribution is 8.12. The summed E-state index contributed by atoms with van der Waals surface area (Å²) in [6, 6.07) is 7.36. The van der Waals surface area contributed by atoms with Gasteiger partial charge in [-0.1, -0.05) is 25.1 Å². The number of ketones is 1. The van der Waals surface area contributed by atoms with Crippen LogP contribution in [0.1, 0.15) is 69.3 Å². The number of nitrogens with zero attached hydrogens (tertiary/aromatic N) is 1. The molecule has 6 nitrogen and oxygen atoms in total. The van der Waals surface area contributed by atoms with Gasteiger partial charge in [-0.25, -0.2) is 0 Å². The lowest BCUT2D eigenvalue weighted by atomic mass is 9.86. The van der Waals surface area contributed by atoms with Crippen molar-refractivity contribution in [3.63, 3.8) is 0 Å². The second-order valence-electron chi connectivity index (χ2n) is 8.81. The predicted molar refractivity (Wildman–Crippen MR) is 118 cm³/mol. The summed E-state index contributed by atoms with van der Waals surface area (Å²) in [7, 11) is 0. The molecule has 0 radical (unpaired) electrons. The number of ether oxygens (including phenoxy) is 3. The van der Waals surface area contributed by atoms with Crippen LogP contribution in [0.25, 0.3) is 0 Å². The third-order valence-electron chi connectivity index (χ3n) is 5.26. The van der Waals surface area contributed by atoms with Crippen molar-refractivity contribution in [1.29, 1.82) is 0 Å². The van der Waals surface area contributed by atoms with Gasteiger partial charge in [-0.15, -0.1) is 11.8 Å². The summed E-state index contributed by atoms with van der Waals surface area (Å²) in [4.78, 5) is 29.5. The molecule has 0 saturated carbocycles. The molecule has 2 aliphatic heterocycles. The molecule has 1 fully saturated rings. The van der Waals surface area contributed by atoms with E-state index in [-0.39, 0.29) is 23.7 Å². The summed E-state index contributed by atoms with van der Waals surface area (Å²) in [5, 5.41) is 0.150. The Morgan fingerprint density at radius 2 is 2.10 bits per heavy atom. The van der Waals surface area contributed by atoms with E-state index in [1.54, 1.807) is 38.6 Å². The minimum Gasteiger partial charge on any atom is -0.460 e. The van der Waals surface area contributed by atoms with Gasteiger partial charge in [0.25, 0.3) is 0 Å². The zero-order valence-electron chi connectivity index (χ0n) is 18.2. The Labute approximate surface area is 182 Å². The van der Waals surface area contributed by atoms with Gasteiger partial charge < -0.3 is 14.2 Å². The Kier molecular flexibility index (Phi) is 7.37. The molecule has 2 heterocycles. The van der Waals surface area contributed by atoms with E-state index in [0.717, 1.165) is 31.4 Å². The highest BCUT2D eigenvalue weighted by Gasteiger charge is 2.42. The molecule has 3 unspecified atom stereocenters. The van der Waals surface area contributed by atoms with Gasteiger partial charge in [-0.2, -0.15) is 0 Å². The molecular weight excluding hydrogens is 402 g/mol. The summed E-state index contributed by atoms with van der Waals surface area (Å²) in [6.45, 7) is 8.57. The quantitative estimate of drug-likeness (QED) is 0.358. The fourth-order valence-corrected chi connectivity index (χ4v) is 4.54. The normalized spacial score (nSPS) is 26.5. The highest BCUT2D eigenvalue weighted by atomic mass is 32.2. The first kappa shape index (κ1) is 23.0. The fraction of sp³-hybridized carbons (Fsp3) is 0.609. The van der Waals surface area contributed by atoms with E-state index in [2.05, 4.69) is 6.92 Å². The van der Waals surface area contributed by atoms with Gasteiger partial charge >= 0.3 is 5.97 Å². The monoisotopic (exact) mass is 433 g/mol. The molecule has 164 valence electrons. The third kappa shape index (κ3) is 5.71. The van der Waals surface area contributed by atoms with E-state index in [4.69, 9.17) is 19.2 Å². The first-order chi connectivity index (χ1) is 14.2. The van der Waals surface area contributed by atoms with Crippen LogP contribution >= 0.6 is 11.8 Å². The molecule has 2 aliphatic rings. The van der Waals surface area contributed by atoms with Crippen molar-refractivity contribution in [2.75, 3.05) is 13.2 Å². The van der Waals surface area contributed by atoms with Crippen molar-refractivity contribution in [3.8, 4) is 0 Å². The summed E-state index contributed by atoms with van der Waals surface area (Å²) in [5.41, 5.74) is 2.03. The maximum atomic E-state index is 12.7. The predicted octanol–water partition coefficient (Wildman–Crippen LogP) is 4.50. The zero-order chi connectivity index (χ0) is 21.8. The van der Waals surface area contributed by atoms with Gasteiger partial charge in [-0.05, 0) is 51.7 Å². The van der Waals surface area contributed by atoms with Crippen molar-refractivity contribution >= 4 is 29.1 Å². The summed E-state index contributed by atoms with van der Waals surface area (Å²) in [5.74, 6) is -0.784. The van der Waals surface area contributed by atoms with Crippen molar-refractivity contribution in [2.45, 2.75) is 76.1 Å². The first-order valence-corrected chi connectivity index (χ1v) is 11.4. The largest absolute Gasteiger partial charge is 0.460 e. The Balaban J connectivity index is 1.76. The number of hydrogen-bond acceptors (Lipinski definition) is 7. The van der Waals surface area contributed by atoms with Crippen molar-refractivity contribution < 1.29 is 23.8 Å². The minimum absolute atomic E-state index is 0.150. The van der Waals surface area contributed by atoms with Gasteiger partial charge in [0.15, 0.2) is 12.1 Å². The summed E-state index contributed by atoms with van der Waals surface area (Å²) >= 11 is 1.65. The maximum Gasteiger partial charge on any atom is 0.314 e. The SMILES string of the molecule is CC1SC=NC1(COC1CCCCO1)c1cccc(C(=O)CC(=O)OC(C)(C)C)c1. The van der Waals surface area contributed by atoms with Gasteiger partial charge in [0.1, 0.15) is 17.6 Å². The molecule has 1 aromatic carbocycles. The van der Waals surface area contributed by atoms with Crippen LogP contribution in [0.15, 0.2) is 29.3 Å². The number of benzene rings is 1. The minimum atomic E-state index is -0.618. The van der Waals surface area contributed by atoms with Gasteiger partial charge in [0.05, 0.1) is 12.2 Å². The molecule has 0 aliphatic carbocycles. The number of hydrogen-bond donors (Lipinski definition) is 0. The number of carbonyl (C=O) groups excluding carboxylic acids is 2. The van der Waals surface area contributed by atoms with Crippen LogP contribution in [0.2, 0.25) is 0 Å². The maximum absolute atomic E-state index is 12.7. The molecule has 3 rings (SSSR count). The van der Waals surface area contributed by atoms with Crippen LogP contribution in [0.4, 0.5) is 0 Å². The lowest BCUT2D eigenvalue weighted by Crippen LogP contribution is -2.39. The fourth-order valence-electron chi connectivity index (χ4n) is 3.62. The van der Waals surface area contributed by atoms with Crippen LogP contribution in [0, 0.1) is 0 Å². The molecule has 0 bridgehead atoms. The van der Waals surface area contributed by atoms with Crippen molar-refractivity contribution in [3.05, 3.63) is 35.4 Å². The summed E-state index contributed by atoms with van der Waals surface area (Å²) in [6.07, 6.45) is 2.56. The number of carbonyl (C=O) groups is 2. The molecule has 1 saturated heterocycles. The van der Waals surface area contributed by atoms with E-state index in [0.29, 0.717) is 12.2 Å². The van der Waals surface area contributed by atoms with E-state index < -0.39 is 17.1 Å². The Bertz CT molecular complexity index is 797. The number of aliphatic imine (C=N–C) groups is 1. The smallest absolute Gasteiger partial charge is 0.314 e. The average Bonchev–Trinajstić information content (AvgIpc) is 3.07. The van der Waals surface area contributed by atoms with Crippen LogP contribution in [-0.4, -0.2) is 47.7 Å². The zero-order valence-corrected chi connectivity index (χ0v) is 19.0.